The fourth-order valence-corrected chi connectivity index (χ4v) is 4.91. The number of amides is 3. The van der Waals surface area contributed by atoms with Crippen molar-refractivity contribution in [2.75, 3.05) is 31.7 Å². The van der Waals surface area contributed by atoms with Crippen molar-refractivity contribution >= 4 is 17.6 Å². The van der Waals surface area contributed by atoms with Gasteiger partial charge in [-0.1, -0.05) is 6.07 Å². The minimum Gasteiger partial charge on any atom is -0.486 e. The summed E-state index contributed by atoms with van der Waals surface area (Å²) in [4.78, 5) is 29.5. The Hall–Kier alpha value is -3.37. The van der Waals surface area contributed by atoms with Crippen LogP contribution in [0, 0.1) is 5.92 Å². The summed E-state index contributed by atoms with van der Waals surface area (Å²) in [7, 11) is 0. The number of hydrogen-bond donors (Lipinski definition) is 4. The number of ether oxygens (including phenoxy) is 3. The highest BCUT2D eigenvalue weighted by Gasteiger charge is 2.27. The molecule has 3 aliphatic rings. The van der Waals surface area contributed by atoms with E-state index < -0.39 is 0 Å². The Labute approximate surface area is 210 Å². The number of carbonyl (C=O) groups is 2. The van der Waals surface area contributed by atoms with Crippen molar-refractivity contribution < 1.29 is 23.8 Å². The maximum Gasteiger partial charge on any atom is 0.319 e. The summed E-state index contributed by atoms with van der Waals surface area (Å²) in [6.45, 7) is 1.93. The topological polar surface area (TPSA) is 137 Å². The number of fused-ring (bicyclic) bond motifs is 1. The average Bonchev–Trinajstić information content (AvgIpc) is 3.31. The van der Waals surface area contributed by atoms with Crippen molar-refractivity contribution in [3.8, 4) is 22.8 Å². The van der Waals surface area contributed by atoms with Crippen molar-refractivity contribution in [3.63, 3.8) is 0 Å². The molecule has 5 rings (SSSR count). The third-order valence-corrected chi connectivity index (χ3v) is 6.89. The SMILES string of the molecule is N[C@H]1CCC(NC(=O)Nc2ccnc(-c3cccc4c3OC(CNC(=O)C3CCOCC3)CO4)c2)C1. The van der Waals surface area contributed by atoms with Gasteiger partial charge in [0.25, 0.3) is 0 Å². The lowest BCUT2D eigenvalue weighted by molar-refractivity contribution is -0.128. The van der Waals surface area contributed by atoms with Gasteiger partial charge in [0.05, 0.1) is 12.2 Å². The average molecular weight is 496 g/mol. The highest BCUT2D eigenvalue weighted by Crippen LogP contribution is 2.40. The summed E-state index contributed by atoms with van der Waals surface area (Å²) in [6, 6.07) is 9.14. The van der Waals surface area contributed by atoms with Gasteiger partial charge in [-0.3, -0.25) is 9.78 Å². The fraction of sp³-hybridized carbons (Fsp3) is 0.500. The molecule has 2 aliphatic heterocycles. The summed E-state index contributed by atoms with van der Waals surface area (Å²) in [5, 5.41) is 8.87. The van der Waals surface area contributed by atoms with Crippen LogP contribution in [0.15, 0.2) is 36.5 Å². The van der Waals surface area contributed by atoms with Crippen molar-refractivity contribution in [2.45, 2.75) is 50.3 Å². The third kappa shape index (κ3) is 5.88. The van der Waals surface area contributed by atoms with Crippen LogP contribution in [0.1, 0.15) is 32.1 Å². The lowest BCUT2D eigenvalue weighted by Crippen LogP contribution is -2.43. The summed E-state index contributed by atoms with van der Waals surface area (Å²) in [5.74, 6) is 1.20. The van der Waals surface area contributed by atoms with E-state index in [1.807, 2.05) is 18.2 Å². The Morgan fingerprint density at radius 2 is 1.97 bits per heavy atom. The molecule has 0 spiro atoms. The van der Waals surface area contributed by atoms with Crippen LogP contribution < -0.4 is 31.2 Å². The second-order valence-electron chi connectivity index (χ2n) is 9.61. The molecule has 36 heavy (non-hydrogen) atoms. The predicted molar refractivity (Wildman–Crippen MR) is 134 cm³/mol. The van der Waals surface area contributed by atoms with Gasteiger partial charge in [-0.2, -0.15) is 0 Å². The van der Waals surface area contributed by atoms with Gasteiger partial charge in [0, 0.05) is 48.7 Å². The molecule has 10 nitrogen and oxygen atoms in total. The molecule has 2 unspecified atom stereocenters. The van der Waals surface area contributed by atoms with E-state index in [-0.39, 0.29) is 36.0 Å². The normalized spacial score (nSPS) is 23.6. The van der Waals surface area contributed by atoms with E-state index in [2.05, 4.69) is 20.9 Å². The standard InChI is InChI=1S/C26H33N5O5/c27-17-4-5-18(12-17)30-26(33)31-19-6-9-28-22(13-19)21-2-1-3-23-24(21)36-20(15-35-23)14-29-25(32)16-7-10-34-11-8-16/h1-3,6,9,13,16-18,20H,4-5,7-8,10-12,14-15,27H2,(H,29,32)(H2,28,30,31,33)/t17-,18?,20?/m0/s1. The highest BCUT2D eigenvalue weighted by atomic mass is 16.6. The molecule has 2 aromatic rings. The molecule has 1 aliphatic carbocycles. The van der Waals surface area contributed by atoms with Crippen molar-refractivity contribution in [3.05, 3.63) is 36.5 Å². The van der Waals surface area contributed by atoms with Crippen LogP contribution in [0.2, 0.25) is 0 Å². The van der Waals surface area contributed by atoms with E-state index >= 15 is 0 Å². The van der Waals surface area contributed by atoms with Gasteiger partial charge in [0.1, 0.15) is 12.7 Å². The van der Waals surface area contributed by atoms with Crippen LogP contribution in [0.4, 0.5) is 10.5 Å². The number of carbonyl (C=O) groups excluding carboxylic acids is 2. The molecule has 3 atom stereocenters. The number of para-hydroxylation sites is 1. The van der Waals surface area contributed by atoms with Crippen LogP contribution in [-0.4, -0.2) is 61.5 Å². The van der Waals surface area contributed by atoms with Crippen LogP contribution in [0.5, 0.6) is 11.5 Å². The number of nitrogens with two attached hydrogens (primary N) is 1. The van der Waals surface area contributed by atoms with E-state index in [9.17, 15) is 9.59 Å². The molecule has 2 fully saturated rings. The van der Waals surface area contributed by atoms with Crippen LogP contribution in [0.3, 0.4) is 0 Å². The smallest absolute Gasteiger partial charge is 0.319 e. The maximum atomic E-state index is 12.5. The first-order valence-corrected chi connectivity index (χ1v) is 12.6. The van der Waals surface area contributed by atoms with Crippen molar-refractivity contribution in [1.29, 1.82) is 0 Å². The minimum absolute atomic E-state index is 0.0202. The van der Waals surface area contributed by atoms with Crippen LogP contribution >= 0.6 is 0 Å². The minimum atomic E-state index is -0.327. The van der Waals surface area contributed by atoms with E-state index in [0.717, 1.165) is 37.7 Å². The zero-order chi connectivity index (χ0) is 24.9. The molecular formula is C26H33N5O5. The molecule has 1 saturated heterocycles. The highest BCUT2D eigenvalue weighted by molar-refractivity contribution is 5.90. The number of hydrogen-bond acceptors (Lipinski definition) is 7. The van der Waals surface area contributed by atoms with Crippen molar-refractivity contribution in [1.82, 2.24) is 15.6 Å². The molecule has 0 radical (unpaired) electrons. The first kappa shape index (κ1) is 24.3. The number of nitrogens with one attached hydrogen (secondary N) is 3. The van der Waals surface area contributed by atoms with Gasteiger partial charge in [-0.15, -0.1) is 0 Å². The second-order valence-corrected chi connectivity index (χ2v) is 9.61. The molecule has 10 heteroatoms. The maximum absolute atomic E-state index is 12.5. The first-order chi connectivity index (χ1) is 17.5. The molecule has 3 heterocycles. The summed E-state index contributed by atoms with van der Waals surface area (Å²) in [5.41, 5.74) is 7.95. The first-order valence-electron chi connectivity index (χ1n) is 12.6. The quantitative estimate of drug-likeness (QED) is 0.483. The predicted octanol–water partition coefficient (Wildman–Crippen LogP) is 2.43. The number of pyridine rings is 1. The Morgan fingerprint density at radius 3 is 2.78 bits per heavy atom. The largest absolute Gasteiger partial charge is 0.486 e. The summed E-state index contributed by atoms with van der Waals surface area (Å²) < 4.78 is 17.5. The molecule has 1 saturated carbocycles. The Morgan fingerprint density at radius 1 is 1.11 bits per heavy atom. The van der Waals surface area contributed by atoms with Gasteiger partial charge >= 0.3 is 6.03 Å². The van der Waals surface area contributed by atoms with Gasteiger partial charge in [-0.25, -0.2) is 4.79 Å². The zero-order valence-electron chi connectivity index (χ0n) is 20.2. The monoisotopic (exact) mass is 495 g/mol. The van der Waals surface area contributed by atoms with E-state index in [1.54, 1.807) is 18.3 Å². The summed E-state index contributed by atoms with van der Waals surface area (Å²) in [6.07, 6.45) is 5.40. The molecular weight excluding hydrogens is 462 g/mol. The Kier molecular flexibility index (Phi) is 7.52. The number of anilines is 1. The molecule has 1 aromatic heterocycles. The molecule has 3 amide bonds. The van der Waals surface area contributed by atoms with Gasteiger partial charge in [0.15, 0.2) is 11.5 Å². The van der Waals surface area contributed by atoms with E-state index in [0.29, 0.717) is 49.2 Å². The van der Waals surface area contributed by atoms with E-state index in [1.165, 1.54) is 0 Å². The van der Waals surface area contributed by atoms with Gasteiger partial charge in [0.2, 0.25) is 5.91 Å². The molecule has 0 bridgehead atoms. The lowest BCUT2D eigenvalue weighted by Gasteiger charge is -2.29. The Balaban J connectivity index is 1.23. The lowest BCUT2D eigenvalue weighted by atomic mass is 9.99. The fourth-order valence-electron chi connectivity index (χ4n) is 4.91. The molecule has 1 aromatic carbocycles. The number of benzene rings is 1. The van der Waals surface area contributed by atoms with Gasteiger partial charge < -0.3 is 35.9 Å². The van der Waals surface area contributed by atoms with E-state index in [4.69, 9.17) is 19.9 Å². The molecule has 192 valence electrons. The van der Waals surface area contributed by atoms with Crippen LogP contribution in [0.25, 0.3) is 11.3 Å². The third-order valence-electron chi connectivity index (χ3n) is 6.89. The zero-order valence-corrected chi connectivity index (χ0v) is 20.2. The van der Waals surface area contributed by atoms with Gasteiger partial charge in [-0.05, 0) is 56.4 Å². The number of aromatic nitrogens is 1. The molecule has 5 N–H and O–H groups in total. The van der Waals surface area contributed by atoms with Crippen molar-refractivity contribution in [2.24, 2.45) is 11.7 Å². The Bertz CT molecular complexity index is 1090. The number of nitrogens with zero attached hydrogens (tertiary/aromatic N) is 1. The second kappa shape index (κ2) is 11.1. The number of rotatable bonds is 6. The van der Waals surface area contributed by atoms with Crippen LogP contribution in [-0.2, 0) is 9.53 Å². The summed E-state index contributed by atoms with van der Waals surface area (Å²) >= 11 is 0. The number of urea groups is 1.